The Balaban J connectivity index is 1.79. The predicted octanol–water partition coefficient (Wildman–Crippen LogP) is 7.40. The summed E-state index contributed by atoms with van der Waals surface area (Å²) in [4.78, 5) is 9.69. The first kappa shape index (κ1) is 23.8. The molecule has 0 amide bonds. The van der Waals surface area contributed by atoms with E-state index in [1.807, 2.05) is 6.20 Å². The Morgan fingerprint density at radius 2 is 1.37 bits per heavy atom. The quantitative estimate of drug-likeness (QED) is 0.349. The van der Waals surface area contributed by atoms with Gasteiger partial charge in [0.05, 0.1) is 0 Å². The topological polar surface area (TPSA) is 24.3 Å². The molecule has 0 saturated heterocycles. The maximum absolute atomic E-state index is 4.82. The highest BCUT2D eigenvalue weighted by Gasteiger charge is 2.46. The number of hydrogen-bond acceptors (Lipinski definition) is 3. The minimum absolute atomic E-state index is 0.0151. The normalized spacial score (nSPS) is 15.4. The third-order valence-corrected chi connectivity index (χ3v) is 7.41. The van der Waals surface area contributed by atoms with Crippen molar-refractivity contribution in [1.82, 2.24) is 9.46 Å². The molecule has 0 unspecified atom stereocenters. The van der Waals surface area contributed by atoms with Crippen molar-refractivity contribution in [2.45, 2.75) is 85.5 Å². The molecular weight excluding hydrogens is 427 g/mol. The molecule has 5 heteroatoms. The Bertz CT molecular complexity index is 1290. The van der Waals surface area contributed by atoms with Crippen LogP contribution >= 0.6 is 0 Å². The maximum Gasteiger partial charge on any atom is 0.519 e. The highest BCUT2D eigenvalue weighted by atomic mass is 15.4. The molecule has 0 fully saturated rings. The molecule has 35 heavy (non-hydrogen) atoms. The number of aryl methyl sites for hydroxylation is 1. The van der Waals surface area contributed by atoms with Gasteiger partial charge in [0.2, 0.25) is 0 Å². The number of imidazole rings is 1. The van der Waals surface area contributed by atoms with Gasteiger partial charge >= 0.3 is 7.12 Å². The van der Waals surface area contributed by atoms with Crippen LogP contribution in [0, 0.1) is 6.92 Å². The van der Waals surface area contributed by atoms with Gasteiger partial charge in [0, 0.05) is 41.7 Å². The molecule has 2 aliphatic rings. The molecule has 0 bridgehead atoms. The minimum Gasteiger partial charge on any atom is -0.350 e. The minimum atomic E-state index is -0.0236. The molecule has 0 spiro atoms. The molecule has 0 radical (unpaired) electrons. The van der Waals surface area contributed by atoms with Gasteiger partial charge in [0.15, 0.2) is 0 Å². The first-order chi connectivity index (χ1) is 16.2. The van der Waals surface area contributed by atoms with Crippen LogP contribution in [-0.2, 0) is 16.2 Å². The second kappa shape index (κ2) is 7.53. The third-order valence-electron chi connectivity index (χ3n) is 7.41. The maximum atomic E-state index is 4.82. The van der Waals surface area contributed by atoms with Gasteiger partial charge in [0.25, 0.3) is 0 Å². The van der Waals surface area contributed by atoms with Crippen LogP contribution in [0.2, 0.25) is 0 Å². The zero-order valence-electron chi connectivity index (χ0n) is 23.1. The summed E-state index contributed by atoms with van der Waals surface area (Å²) < 4.78 is 2.33. The molecule has 4 nitrogen and oxygen atoms in total. The molecule has 0 aliphatic carbocycles. The Hall–Kier alpha value is -2.95. The summed E-state index contributed by atoms with van der Waals surface area (Å²) in [6, 6.07) is 11.5. The van der Waals surface area contributed by atoms with Gasteiger partial charge in [-0.2, -0.15) is 0 Å². The van der Waals surface area contributed by atoms with E-state index < -0.39 is 0 Å². The molecular formula is C30H39BN4. The molecule has 3 aromatic rings. The van der Waals surface area contributed by atoms with E-state index in [4.69, 9.17) is 4.98 Å². The zero-order valence-corrected chi connectivity index (χ0v) is 23.1. The van der Waals surface area contributed by atoms with E-state index in [1.165, 1.54) is 39.2 Å². The second-order valence-electron chi connectivity index (χ2n) is 13.3. The van der Waals surface area contributed by atoms with E-state index >= 15 is 0 Å². The fourth-order valence-electron chi connectivity index (χ4n) is 5.43. The van der Waals surface area contributed by atoms with Crippen molar-refractivity contribution in [2.75, 3.05) is 9.62 Å². The monoisotopic (exact) mass is 466 g/mol. The van der Waals surface area contributed by atoms with Gasteiger partial charge in [-0.3, -0.25) is 0 Å². The lowest BCUT2D eigenvalue weighted by molar-refractivity contribution is 0.550. The Kier molecular flexibility index (Phi) is 5.11. The van der Waals surface area contributed by atoms with Crippen LogP contribution in [-0.4, -0.2) is 16.6 Å². The highest BCUT2D eigenvalue weighted by Crippen LogP contribution is 2.47. The van der Waals surface area contributed by atoms with Crippen LogP contribution in [0.5, 0.6) is 0 Å². The van der Waals surface area contributed by atoms with Crippen molar-refractivity contribution < 1.29 is 0 Å². The molecule has 182 valence electrons. The SMILES string of the molecule is Cc1cccc2c1-c1nccn1B1N2C=CN1c1c(C(C)(C)C)cc(C(C)(C)C)cc1C(C)(C)C. The highest BCUT2D eigenvalue weighted by molar-refractivity contribution is 6.69. The summed E-state index contributed by atoms with van der Waals surface area (Å²) in [5.41, 5.74) is 9.21. The van der Waals surface area contributed by atoms with Crippen LogP contribution in [0.3, 0.4) is 0 Å². The molecule has 1 aromatic heterocycles. The van der Waals surface area contributed by atoms with Crippen LogP contribution in [0.1, 0.15) is 84.6 Å². The Morgan fingerprint density at radius 3 is 1.94 bits per heavy atom. The summed E-state index contributed by atoms with van der Waals surface area (Å²) in [6.07, 6.45) is 8.56. The van der Waals surface area contributed by atoms with Crippen molar-refractivity contribution in [1.29, 1.82) is 0 Å². The molecule has 3 heterocycles. The van der Waals surface area contributed by atoms with E-state index in [1.54, 1.807) is 0 Å². The van der Waals surface area contributed by atoms with Gasteiger partial charge in [-0.1, -0.05) is 86.6 Å². The van der Waals surface area contributed by atoms with Gasteiger partial charge in [-0.05, 0) is 51.5 Å². The number of benzene rings is 2. The van der Waals surface area contributed by atoms with E-state index in [0.29, 0.717) is 0 Å². The summed E-state index contributed by atoms with van der Waals surface area (Å²) in [5, 5.41) is 0. The Morgan fingerprint density at radius 1 is 0.771 bits per heavy atom. The van der Waals surface area contributed by atoms with Gasteiger partial charge in [-0.15, -0.1) is 0 Å². The zero-order chi connectivity index (χ0) is 25.5. The molecule has 2 aromatic carbocycles. The number of aromatic nitrogens is 2. The van der Waals surface area contributed by atoms with Crippen LogP contribution < -0.4 is 9.62 Å². The van der Waals surface area contributed by atoms with Crippen molar-refractivity contribution >= 4 is 18.5 Å². The van der Waals surface area contributed by atoms with Crippen molar-refractivity contribution in [2.24, 2.45) is 0 Å². The van der Waals surface area contributed by atoms with E-state index in [0.717, 1.165) is 5.82 Å². The van der Waals surface area contributed by atoms with Crippen molar-refractivity contribution in [3.05, 3.63) is 77.4 Å². The van der Waals surface area contributed by atoms with Crippen molar-refractivity contribution in [3.8, 4) is 11.4 Å². The van der Waals surface area contributed by atoms with Gasteiger partial charge in [-0.25, -0.2) is 4.98 Å². The lowest BCUT2D eigenvalue weighted by atomic mass is 9.72. The van der Waals surface area contributed by atoms with Crippen molar-refractivity contribution in [3.63, 3.8) is 0 Å². The second-order valence-corrected chi connectivity index (χ2v) is 13.3. The Labute approximate surface area is 211 Å². The molecule has 2 aliphatic heterocycles. The van der Waals surface area contributed by atoms with Gasteiger partial charge < -0.3 is 14.1 Å². The average Bonchev–Trinajstić information content (AvgIpc) is 3.38. The van der Waals surface area contributed by atoms with Crippen LogP contribution in [0.25, 0.3) is 11.4 Å². The summed E-state index contributed by atoms with van der Waals surface area (Å²) >= 11 is 0. The number of nitrogens with zero attached hydrogens (tertiary/aromatic N) is 4. The van der Waals surface area contributed by atoms with E-state index in [-0.39, 0.29) is 23.4 Å². The van der Waals surface area contributed by atoms with Crippen LogP contribution in [0.15, 0.2) is 55.1 Å². The molecule has 5 rings (SSSR count). The first-order valence-electron chi connectivity index (χ1n) is 12.8. The average molecular weight is 466 g/mol. The van der Waals surface area contributed by atoms with Gasteiger partial charge in [0.1, 0.15) is 5.82 Å². The van der Waals surface area contributed by atoms with E-state index in [9.17, 15) is 0 Å². The number of hydrogen-bond donors (Lipinski definition) is 0. The third kappa shape index (κ3) is 3.71. The standard InChI is InChI=1S/C30H39BN4/c1-20-12-11-13-24-25(20)27-32-14-15-35(27)31-33(24)16-17-34(31)26-22(29(5,6)7)18-21(28(2,3)4)19-23(26)30(8,9)10/h11-19H,1-10H3. The number of rotatable bonds is 1. The first-order valence-corrected chi connectivity index (χ1v) is 12.8. The molecule has 0 atom stereocenters. The largest absolute Gasteiger partial charge is 0.519 e. The fourth-order valence-corrected chi connectivity index (χ4v) is 5.43. The lowest BCUT2D eigenvalue weighted by Gasteiger charge is -2.40. The fraction of sp³-hybridized carbons (Fsp3) is 0.433. The molecule has 0 saturated carbocycles. The summed E-state index contributed by atoms with van der Waals surface area (Å²) in [5.74, 6) is 1.04. The molecule has 0 N–H and O–H groups in total. The summed E-state index contributed by atoms with van der Waals surface area (Å²) in [6.45, 7) is 23.2. The van der Waals surface area contributed by atoms with E-state index in [2.05, 4.69) is 132 Å². The number of fused-ring (bicyclic) bond motifs is 6. The smallest absolute Gasteiger partial charge is 0.350 e. The lowest BCUT2D eigenvalue weighted by Crippen LogP contribution is -2.53. The summed E-state index contributed by atoms with van der Waals surface area (Å²) in [7, 11) is -0.0236. The van der Waals surface area contributed by atoms with Crippen LogP contribution in [0.4, 0.5) is 11.4 Å². The predicted molar refractivity (Wildman–Crippen MR) is 150 cm³/mol. The number of anilines is 2.